The number of hydrogen-bond acceptors (Lipinski definition) is 3. The minimum Gasteiger partial charge on any atom is -0.396 e. The molecule has 5 heteroatoms. The number of aliphatic hydroxyl groups excluding tert-OH is 1. The van der Waals surface area contributed by atoms with Crippen LogP contribution in [0.5, 0.6) is 0 Å². The maximum atomic E-state index is 9.30. The van der Waals surface area contributed by atoms with Crippen LogP contribution in [0.2, 0.25) is 0 Å². The maximum absolute atomic E-state index is 9.30. The highest BCUT2D eigenvalue weighted by molar-refractivity contribution is 5.80. The first-order valence-electron chi connectivity index (χ1n) is 11.7. The molecule has 2 bridgehead atoms. The van der Waals surface area contributed by atoms with Crippen LogP contribution in [0.15, 0.2) is 35.3 Å². The number of nitrogens with one attached hydrogen (secondary N) is 2. The molecule has 2 aliphatic heterocycles. The molecule has 1 aromatic rings. The average Bonchev–Trinajstić information content (AvgIpc) is 2.95. The van der Waals surface area contributed by atoms with Gasteiger partial charge in [0.1, 0.15) is 0 Å². The predicted octanol–water partition coefficient (Wildman–Crippen LogP) is 3.54. The highest BCUT2D eigenvalue weighted by Crippen LogP contribution is 2.36. The molecule has 0 aliphatic carbocycles. The van der Waals surface area contributed by atoms with E-state index in [-0.39, 0.29) is 6.61 Å². The Hall–Kier alpha value is -1.59. The van der Waals surface area contributed by atoms with E-state index >= 15 is 0 Å². The number of hydrogen-bond donors (Lipinski definition) is 3. The fraction of sp³-hybridized carbons (Fsp3) is 0.708. The number of piperidine rings is 1. The van der Waals surface area contributed by atoms with E-state index in [4.69, 9.17) is 4.99 Å². The van der Waals surface area contributed by atoms with Crippen LogP contribution in [0.4, 0.5) is 0 Å². The fourth-order valence-electron chi connectivity index (χ4n) is 5.10. The molecule has 0 amide bonds. The summed E-state index contributed by atoms with van der Waals surface area (Å²) >= 11 is 0. The summed E-state index contributed by atoms with van der Waals surface area (Å²) < 4.78 is 0. The molecule has 162 valence electrons. The van der Waals surface area contributed by atoms with Gasteiger partial charge in [0.05, 0.1) is 0 Å². The van der Waals surface area contributed by atoms with Crippen molar-refractivity contribution < 1.29 is 5.11 Å². The first kappa shape index (κ1) is 22.1. The number of aliphatic imine (C=N–C) groups is 1. The smallest absolute Gasteiger partial charge is 0.191 e. The van der Waals surface area contributed by atoms with Crippen LogP contribution in [0, 0.1) is 5.92 Å². The average molecular weight is 401 g/mol. The summed E-state index contributed by atoms with van der Waals surface area (Å²) in [5, 5.41) is 16.5. The molecule has 29 heavy (non-hydrogen) atoms. The number of benzene rings is 1. The van der Waals surface area contributed by atoms with Gasteiger partial charge in [-0.2, -0.15) is 0 Å². The number of fused-ring (bicyclic) bond motifs is 2. The predicted molar refractivity (Wildman–Crippen MR) is 121 cm³/mol. The first-order chi connectivity index (χ1) is 14.2. The third kappa shape index (κ3) is 6.45. The number of guanidine groups is 1. The van der Waals surface area contributed by atoms with Crippen LogP contribution in [-0.4, -0.2) is 53.8 Å². The molecule has 3 atom stereocenters. The highest BCUT2D eigenvalue weighted by Gasteiger charge is 2.40. The van der Waals surface area contributed by atoms with E-state index in [1.165, 1.54) is 31.2 Å². The third-order valence-corrected chi connectivity index (χ3v) is 6.52. The monoisotopic (exact) mass is 400 g/mol. The summed E-state index contributed by atoms with van der Waals surface area (Å²) in [7, 11) is 0. The Bertz CT molecular complexity index is 601. The molecule has 2 fully saturated rings. The van der Waals surface area contributed by atoms with Gasteiger partial charge in [0.2, 0.25) is 0 Å². The molecule has 0 saturated carbocycles. The van der Waals surface area contributed by atoms with Crippen LogP contribution >= 0.6 is 0 Å². The minimum atomic E-state index is 0.257. The van der Waals surface area contributed by atoms with Gasteiger partial charge >= 0.3 is 0 Å². The van der Waals surface area contributed by atoms with Crippen LogP contribution in [0.25, 0.3) is 0 Å². The Morgan fingerprint density at radius 3 is 2.48 bits per heavy atom. The lowest BCUT2D eigenvalue weighted by molar-refractivity contribution is 0.114. The van der Waals surface area contributed by atoms with Gasteiger partial charge in [-0.25, -0.2) is 0 Å². The third-order valence-electron chi connectivity index (χ3n) is 6.52. The molecule has 3 unspecified atom stereocenters. The van der Waals surface area contributed by atoms with Crippen molar-refractivity contribution in [2.45, 2.75) is 83.5 Å². The van der Waals surface area contributed by atoms with Crippen molar-refractivity contribution in [3.63, 3.8) is 0 Å². The molecule has 0 aromatic heterocycles. The van der Waals surface area contributed by atoms with Crippen molar-refractivity contribution in [1.29, 1.82) is 0 Å². The van der Waals surface area contributed by atoms with E-state index in [0.29, 0.717) is 24.0 Å². The molecule has 2 aliphatic rings. The fourth-order valence-corrected chi connectivity index (χ4v) is 5.10. The van der Waals surface area contributed by atoms with Gasteiger partial charge in [-0.05, 0) is 56.9 Å². The molecular weight excluding hydrogens is 360 g/mol. The Balaban J connectivity index is 1.56. The maximum Gasteiger partial charge on any atom is 0.191 e. The second-order valence-corrected chi connectivity index (χ2v) is 8.74. The van der Waals surface area contributed by atoms with Crippen molar-refractivity contribution in [1.82, 2.24) is 15.5 Å². The zero-order chi connectivity index (χ0) is 20.5. The Morgan fingerprint density at radius 1 is 1.14 bits per heavy atom. The van der Waals surface area contributed by atoms with Crippen LogP contribution in [0.1, 0.15) is 64.4 Å². The van der Waals surface area contributed by atoms with Crippen LogP contribution in [-0.2, 0) is 6.54 Å². The van der Waals surface area contributed by atoms with E-state index in [9.17, 15) is 5.11 Å². The topological polar surface area (TPSA) is 59.9 Å². The van der Waals surface area contributed by atoms with Crippen molar-refractivity contribution in [2.75, 3.05) is 19.7 Å². The van der Waals surface area contributed by atoms with Gasteiger partial charge < -0.3 is 15.7 Å². The summed E-state index contributed by atoms with van der Waals surface area (Å²) in [6.07, 6.45) is 8.15. The SMILES string of the molecule is CCCC(CCO)CN=C(NCC)NC1CC2CCC(C1)N2Cc1ccccc1. The Labute approximate surface area is 177 Å². The standard InChI is InChI=1S/C24H40N4O/c1-3-8-19(13-14-29)17-26-24(25-4-2)27-21-15-22-11-12-23(16-21)28(22)18-20-9-6-5-7-10-20/h5-7,9-10,19,21-23,29H,3-4,8,11-18H2,1-2H3,(H2,25,26,27). The van der Waals surface area contributed by atoms with E-state index in [1.807, 2.05) is 0 Å². The molecule has 5 nitrogen and oxygen atoms in total. The summed E-state index contributed by atoms with van der Waals surface area (Å²) in [5.41, 5.74) is 1.43. The first-order valence-corrected chi connectivity index (χ1v) is 11.7. The van der Waals surface area contributed by atoms with Crippen LogP contribution < -0.4 is 10.6 Å². The van der Waals surface area contributed by atoms with Crippen molar-refractivity contribution in [3.05, 3.63) is 35.9 Å². The molecule has 0 radical (unpaired) electrons. The normalized spacial score (nSPS) is 25.8. The van der Waals surface area contributed by atoms with E-state index < -0.39 is 0 Å². The van der Waals surface area contributed by atoms with E-state index in [0.717, 1.165) is 44.9 Å². The molecule has 2 saturated heterocycles. The molecule has 0 spiro atoms. The zero-order valence-corrected chi connectivity index (χ0v) is 18.3. The van der Waals surface area contributed by atoms with E-state index in [2.05, 4.69) is 59.7 Å². The van der Waals surface area contributed by atoms with Crippen molar-refractivity contribution >= 4 is 5.96 Å². The summed E-state index contributed by atoms with van der Waals surface area (Å²) in [6, 6.07) is 12.7. The number of aliphatic hydroxyl groups is 1. The number of rotatable bonds is 10. The molecule has 1 aromatic carbocycles. The summed E-state index contributed by atoms with van der Waals surface area (Å²) in [5.74, 6) is 1.43. The Kier molecular flexibility index (Phi) is 8.81. The minimum absolute atomic E-state index is 0.257. The quantitative estimate of drug-likeness (QED) is 0.415. The zero-order valence-electron chi connectivity index (χ0n) is 18.3. The van der Waals surface area contributed by atoms with Gasteiger partial charge in [-0.1, -0.05) is 43.7 Å². The summed E-state index contributed by atoms with van der Waals surface area (Å²) in [4.78, 5) is 7.60. The van der Waals surface area contributed by atoms with Crippen LogP contribution in [0.3, 0.4) is 0 Å². The number of nitrogens with zero attached hydrogens (tertiary/aromatic N) is 2. The van der Waals surface area contributed by atoms with Gasteiger partial charge in [-0.15, -0.1) is 0 Å². The summed E-state index contributed by atoms with van der Waals surface area (Å²) in [6.45, 7) is 7.34. The lowest BCUT2D eigenvalue weighted by atomic mass is 9.96. The van der Waals surface area contributed by atoms with Gasteiger partial charge in [0.25, 0.3) is 0 Å². The lowest BCUT2D eigenvalue weighted by Gasteiger charge is -2.39. The molecule has 3 rings (SSSR count). The second kappa shape index (κ2) is 11.6. The molecule has 3 N–H and O–H groups in total. The molecule has 2 heterocycles. The van der Waals surface area contributed by atoms with Gasteiger partial charge in [-0.3, -0.25) is 9.89 Å². The van der Waals surface area contributed by atoms with E-state index in [1.54, 1.807) is 0 Å². The molecular formula is C24H40N4O. The lowest BCUT2D eigenvalue weighted by Crippen LogP contribution is -2.52. The highest BCUT2D eigenvalue weighted by atomic mass is 16.3. The van der Waals surface area contributed by atoms with Gasteiger partial charge in [0.15, 0.2) is 5.96 Å². The Morgan fingerprint density at radius 2 is 1.86 bits per heavy atom. The largest absolute Gasteiger partial charge is 0.396 e. The van der Waals surface area contributed by atoms with Gasteiger partial charge in [0, 0.05) is 44.4 Å². The van der Waals surface area contributed by atoms with Crippen molar-refractivity contribution in [2.24, 2.45) is 10.9 Å². The second-order valence-electron chi connectivity index (χ2n) is 8.74. The van der Waals surface area contributed by atoms with Crippen molar-refractivity contribution in [3.8, 4) is 0 Å².